The Morgan fingerprint density at radius 1 is 1.32 bits per heavy atom. The highest BCUT2D eigenvalue weighted by Gasteiger charge is 2.25. The van der Waals surface area contributed by atoms with E-state index in [1.165, 1.54) is 0 Å². The lowest BCUT2D eigenvalue weighted by Crippen LogP contribution is -2.34. The Labute approximate surface area is 111 Å². The number of methoxy groups -OCH3 is 1. The zero-order chi connectivity index (χ0) is 14.3. The van der Waals surface area contributed by atoms with Crippen molar-refractivity contribution in [2.24, 2.45) is 0 Å². The molecule has 0 fully saturated rings. The number of hydrogen-bond donors (Lipinski definition) is 1. The van der Waals surface area contributed by atoms with Gasteiger partial charge in [0.05, 0.1) is 13.7 Å². The minimum absolute atomic E-state index is 0.306. The number of nitrogens with one attached hydrogen (secondary N) is 1. The van der Waals surface area contributed by atoms with Gasteiger partial charge in [-0.15, -0.1) is 0 Å². The predicted molar refractivity (Wildman–Crippen MR) is 68.3 cm³/mol. The predicted octanol–water partition coefficient (Wildman–Crippen LogP) is 2.28. The number of hydrogen-bond acceptors (Lipinski definition) is 3. The van der Waals surface area contributed by atoms with E-state index in [9.17, 15) is 13.2 Å². The molecule has 1 rings (SSSR count). The minimum atomic E-state index is -4.15. The summed E-state index contributed by atoms with van der Waals surface area (Å²) < 4.78 is 40.9. The maximum absolute atomic E-state index is 11.9. The normalized spacial score (nSPS) is 11.9. The highest BCUT2D eigenvalue weighted by atomic mass is 19.4. The Kier molecular flexibility index (Phi) is 6.11. The Morgan fingerprint density at radius 2 is 2.05 bits per heavy atom. The van der Waals surface area contributed by atoms with Crippen LogP contribution < -0.4 is 10.1 Å². The standard InChI is InChI=1S/C13H19F3N2O/c1-18(7-6-17-10-13(14,15)16)9-11-4-3-5-12(8-11)19-2/h3-5,8,17H,6-7,9-10H2,1-2H3. The summed E-state index contributed by atoms with van der Waals surface area (Å²) in [4.78, 5) is 1.96. The molecule has 108 valence electrons. The minimum Gasteiger partial charge on any atom is -0.497 e. The van der Waals surface area contributed by atoms with Crippen LogP contribution in [0.2, 0.25) is 0 Å². The van der Waals surface area contributed by atoms with Crippen LogP contribution >= 0.6 is 0 Å². The summed E-state index contributed by atoms with van der Waals surface area (Å²) in [5, 5.41) is 2.37. The van der Waals surface area contributed by atoms with Gasteiger partial charge >= 0.3 is 6.18 Å². The molecule has 0 aliphatic rings. The number of rotatable bonds is 7. The van der Waals surface area contributed by atoms with Gasteiger partial charge in [-0.1, -0.05) is 12.1 Å². The molecule has 0 unspecified atom stereocenters. The van der Waals surface area contributed by atoms with E-state index >= 15 is 0 Å². The third kappa shape index (κ3) is 7.03. The van der Waals surface area contributed by atoms with Crippen LogP contribution in [0.4, 0.5) is 13.2 Å². The van der Waals surface area contributed by atoms with E-state index in [2.05, 4.69) is 5.32 Å². The maximum atomic E-state index is 11.9. The van der Waals surface area contributed by atoms with Gasteiger partial charge in [0.15, 0.2) is 0 Å². The SMILES string of the molecule is COc1cccc(CN(C)CCNCC(F)(F)F)c1. The van der Waals surface area contributed by atoms with E-state index in [0.717, 1.165) is 11.3 Å². The molecule has 0 aliphatic carbocycles. The molecular weight excluding hydrogens is 257 g/mol. The third-order valence-electron chi connectivity index (χ3n) is 2.58. The summed E-state index contributed by atoms with van der Waals surface area (Å²) in [6.07, 6.45) is -4.15. The lowest BCUT2D eigenvalue weighted by Gasteiger charge is -2.17. The van der Waals surface area contributed by atoms with Crippen LogP contribution in [0.25, 0.3) is 0 Å². The topological polar surface area (TPSA) is 24.5 Å². The summed E-state index contributed by atoms with van der Waals surface area (Å²) in [6, 6.07) is 7.63. The summed E-state index contributed by atoms with van der Waals surface area (Å²) in [5.41, 5.74) is 1.07. The molecule has 1 aromatic carbocycles. The average molecular weight is 276 g/mol. The van der Waals surface area contributed by atoms with Crippen LogP contribution in [0.15, 0.2) is 24.3 Å². The highest BCUT2D eigenvalue weighted by molar-refractivity contribution is 5.28. The van der Waals surface area contributed by atoms with Crippen molar-refractivity contribution in [3.8, 4) is 5.75 Å². The summed E-state index contributed by atoms with van der Waals surface area (Å²) in [6.45, 7) is 0.582. The molecule has 0 aliphatic heterocycles. The second-order valence-corrected chi connectivity index (χ2v) is 4.38. The number of benzene rings is 1. The van der Waals surface area contributed by atoms with Gasteiger partial charge in [0.25, 0.3) is 0 Å². The van der Waals surface area contributed by atoms with Crippen LogP contribution in [0.1, 0.15) is 5.56 Å². The van der Waals surface area contributed by atoms with Gasteiger partial charge in [-0.25, -0.2) is 0 Å². The summed E-state index contributed by atoms with van der Waals surface area (Å²) in [7, 11) is 3.47. The third-order valence-corrected chi connectivity index (χ3v) is 2.58. The van der Waals surface area contributed by atoms with E-state index in [0.29, 0.717) is 19.6 Å². The number of halogens is 3. The fourth-order valence-corrected chi connectivity index (χ4v) is 1.66. The van der Waals surface area contributed by atoms with Gasteiger partial charge in [0.2, 0.25) is 0 Å². The second-order valence-electron chi connectivity index (χ2n) is 4.38. The first kappa shape index (κ1) is 15.8. The Morgan fingerprint density at radius 3 is 2.68 bits per heavy atom. The first-order valence-electron chi connectivity index (χ1n) is 5.99. The Bertz CT molecular complexity index is 382. The highest BCUT2D eigenvalue weighted by Crippen LogP contribution is 2.14. The van der Waals surface area contributed by atoms with Crippen LogP contribution in [0.5, 0.6) is 5.75 Å². The first-order valence-corrected chi connectivity index (χ1v) is 5.99. The lowest BCUT2D eigenvalue weighted by molar-refractivity contribution is -0.124. The molecule has 1 aromatic rings. The van der Waals surface area contributed by atoms with Crippen molar-refractivity contribution >= 4 is 0 Å². The molecule has 0 saturated heterocycles. The maximum Gasteiger partial charge on any atom is 0.401 e. The smallest absolute Gasteiger partial charge is 0.401 e. The summed E-state index contributed by atoms with van der Waals surface area (Å²) >= 11 is 0. The molecule has 19 heavy (non-hydrogen) atoms. The van der Waals surface area contributed by atoms with Gasteiger partial charge in [-0.3, -0.25) is 0 Å². The average Bonchev–Trinajstić information content (AvgIpc) is 2.34. The van der Waals surface area contributed by atoms with E-state index in [-0.39, 0.29) is 0 Å². The molecule has 0 spiro atoms. The van der Waals surface area contributed by atoms with E-state index in [4.69, 9.17) is 4.74 Å². The Balaban J connectivity index is 2.28. The molecule has 0 radical (unpaired) electrons. The van der Waals surface area contributed by atoms with Gasteiger partial charge in [0.1, 0.15) is 5.75 Å². The molecule has 0 amide bonds. The molecule has 3 nitrogen and oxygen atoms in total. The van der Waals surface area contributed by atoms with Crippen LogP contribution in [0.3, 0.4) is 0 Å². The van der Waals surface area contributed by atoms with E-state index in [1.54, 1.807) is 7.11 Å². The molecule has 0 atom stereocenters. The quantitative estimate of drug-likeness (QED) is 0.773. The van der Waals surface area contributed by atoms with Crippen molar-refractivity contribution in [1.82, 2.24) is 10.2 Å². The number of likely N-dealkylation sites (N-methyl/N-ethyl adjacent to an activating group) is 1. The molecule has 0 aromatic heterocycles. The van der Waals surface area contributed by atoms with E-state index in [1.807, 2.05) is 36.2 Å². The van der Waals surface area contributed by atoms with Crippen molar-refractivity contribution in [1.29, 1.82) is 0 Å². The Hall–Kier alpha value is -1.27. The van der Waals surface area contributed by atoms with Crippen LogP contribution in [-0.4, -0.2) is 44.9 Å². The largest absolute Gasteiger partial charge is 0.497 e. The van der Waals surface area contributed by atoms with Gasteiger partial charge in [0, 0.05) is 19.6 Å². The number of ether oxygens (including phenoxy) is 1. The number of nitrogens with zero attached hydrogens (tertiary/aromatic N) is 1. The van der Waals surface area contributed by atoms with Crippen LogP contribution in [-0.2, 0) is 6.54 Å². The van der Waals surface area contributed by atoms with Crippen molar-refractivity contribution in [3.63, 3.8) is 0 Å². The van der Waals surface area contributed by atoms with Crippen molar-refractivity contribution in [3.05, 3.63) is 29.8 Å². The molecule has 0 heterocycles. The van der Waals surface area contributed by atoms with Crippen molar-refractivity contribution < 1.29 is 17.9 Å². The zero-order valence-corrected chi connectivity index (χ0v) is 11.1. The van der Waals surface area contributed by atoms with Gasteiger partial charge in [-0.05, 0) is 24.7 Å². The van der Waals surface area contributed by atoms with Gasteiger partial charge < -0.3 is 15.0 Å². The van der Waals surface area contributed by atoms with Gasteiger partial charge in [-0.2, -0.15) is 13.2 Å². The van der Waals surface area contributed by atoms with E-state index < -0.39 is 12.7 Å². The summed E-state index contributed by atoms with van der Waals surface area (Å²) in [5.74, 6) is 0.779. The second kappa shape index (κ2) is 7.35. The lowest BCUT2D eigenvalue weighted by atomic mass is 10.2. The molecule has 0 bridgehead atoms. The first-order chi connectivity index (χ1) is 8.90. The molecule has 1 N–H and O–H groups in total. The number of alkyl halides is 3. The molecule has 0 saturated carbocycles. The zero-order valence-electron chi connectivity index (χ0n) is 11.1. The fourth-order valence-electron chi connectivity index (χ4n) is 1.66. The van der Waals surface area contributed by atoms with Crippen molar-refractivity contribution in [2.45, 2.75) is 12.7 Å². The van der Waals surface area contributed by atoms with Crippen molar-refractivity contribution in [2.75, 3.05) is 33.8 Å². The molecular formula is C13H19F3N2O. The monoisotopic (exact) mass is 276 g/mol. The fraction of sp³-hybridized carbons (Fsp3) is 0.538. The molecule has 6 heteroatoms. The van der Waals surface area contributed by atoms with Crippen LogP contribution in [0, 0.1) is 0 Å².